The number of nitrogens with zero attached hydrogens (tertiary/aromatic N) is 1. The molecule has 2 rings (SSSR count). The highest BCUT2D eigenvalue weighted by Gasteiger charge is 2.22. The molecule has 1 unspecified atom stereocenters. The summed E-state index contributed by atoms with van der Waals surface area (Å²) in [5.74, 6) is 0.0744. The minimum atomic E-state index is -3.79. The molecule has 1 atom stereocenters. The maximum Gasteiger partial charge on any atom is 0.241 e. The quantitative estimate of drug-likeness (QED) is 0.642. The third kappa shape index (κ3) is 6.79. The zero-order valence-corrected chi connectivity index (χ0v) is 17.8. The average Bonchev–Trinajstić information content (AvgIpc) is 2.66. The summed E-state index contributed by atoms with van der Waals surface area (Å²) in [5, 5.41) is 2.43. The lowest BCUT2D eigenvalue weighted by atomic mass is 10.3. The first-order chi connectivity index (χ1) is 13.6. The van der Waals surface area contributed by atoms with Crippen LogP contribution in [-0.2, 0) is 14.8 Å². The number of hydrogen-bond donors (Lipinski definition) is 1. The number of hydrogen-bond acceptors (Lipinski definition) is 5. The summed E-state index contributed by atoms with van der Waals surface area (Å²) in [6.45, 7) is 1.42. The van der Waals surface area contributed by atoms with Gasteiger partial charge in [0.25, 0.3) is 0 Å². The summed E-state index contributed by atoms with van der Waals surface area (Å²) in [7, 11) is -2.23. The Morgan fingerprint density at radius 2 is 1.83 bits per heavy atom. The lowest BCUT2D eigenvalue weighted by molar-refractivity contribution is -0.120. The Bertz CT molecular complexity index is 954. The average molecular weight is 445 g/mol. The smallest absolute Gasteiger partial charge is 0.241 e. The third-order valence-corrected chi connectivity index (χ3v) is 5.28. The van der Waals surface area contributed by atoms with Crippen LogP contribution < -0.4 is 19.1 Å². The van der Waals surface area contributed by atoms with Crippen molar-refractivity contribution in [1.29, 1.82) is 0 Å². The van der Waals surface area contributed by atoms with E-state index in [9.17, 15) is 17.6 Å². The monoisotopic (exact) mass is 444 g/mol. The lowest BCUT2D eigenvalue weighted by Gasteiger charge is -2.23. The second kappa shape index (κ2) is 9.80. The molecule has 2 aromatic carbocycles. The van der Waals surface area contributed by atoms with Crippen LogP contribution in [0.3, 0.4) is 0 Å². The number of amides is 1. The van der Waals surface area contributed by atoms with E-state index in [4.69, 9.17) is 21.1 Å². The van der Waals surface area contributed by atoms with Crippen LogP contribution in [0.2, 0.25) is 5.02 Å². The van der Waals surface area contributed by atoms with Crippen LogP contribution in [0.1, 0.15) is 6.92 Å². The van der Waals surface area contributed by atoms with E-state index >= 15 is 0 Å². The van der Waals surface area contributed by atoms with Gasteiger partial charge in [0.05, 0.1) is 30.1 Å². The molecule has 0 aromatic heterocycles. The molecule has 2 aromatic rings. The van der Waals surface area contributed by atoms with Crippen LogP contribution in [0, 0.1) is 5.82 Å². The highest BCUT2D eigenvalue weighted by Crippen LogP contribution is 2.24. The number of halogens is 2. The number of rotatable bonds is 9. The number of carbonyl (C=O) groups is 1. The topological polar surface area (TPSA) is 84.9 Å². The Balaban J connectivity index is 1.97. The molecule has 158 valence electrons. The van der Waals surface area contributed by atoms with Gasteiger partial charge in [-0.2, -0.15) is 0 Å². The van der Waals surface area contributed by atoms with Crippen molar-refractivity contribution in [1.82, 2.24) is 5.32 Å². The van der Waals surface area contributed by atoms with Crippen molar-refractivity contribution in [2.24, 2.45) is 0 Å². The maximum absolute atomic E-state index is 13.4. The summed E-state index contributed by atoms with van der Waals surface area (Å²) in [5.41, 5.74) is 0.0937. The van der Waals surface area contributed by atoms with E-state index in [-0.39, 0.29) is 23.4 Å². The number of nitrogens with one attached hydrogen (secondary N) is 1. The first kappa shape index (κ1) is 22.8. The van der Waals surface area contributed by atoms with Crippen molar-refractivity contribution in [2.75, 3.05) is 30.8 Å². The van der Waals surface area contributed by atoms with Crippen molar-refractivity contribution in [3.8, 4) is 11.5 Å². The predicted molar refractivity (Wildman–Crippen MR) is 110 cm³/mol. The van der Waals surface area contributed by atoms with Gasteiger partial charge < -0.3 is 14.8 Å². The molecule has 0 saturated carbocycles. The number of benzene rings is 2. The zero-order chi connectivity index (χ0) is 21.6. The fraction of sp³-hybridized carbons (Fsp3) is 0.316. The van der Waals surface area contributed by atoms with Gasteiger partial charge in [-0.3, -0.25) is 9.10 Å². The molecule has 0 heterocycles. The Morgan fingerprint density at radius 3 is 2.38 bits per heavy atom. The molecule has 0 aliphatic rings. The molecule has 0 saturated heterocycles. The van der Waals surface area contributed by atoms with Crippen LogP contribution in [0.15, 0.2) is 42.5 Å². The largest absolute Gasteiger partial charge is 0.497 e. The molecule has 0 fully saturated rings. The number of ether oxygens (including phenoxy) is 2. The molecule has 0 aliphatic carbocycles. The minimum Gasteiger partial charge on any atom is -0.497 e. The van der Waals surface area contributed by atoms with Gasteiger partial charge in [0.1, 0.15) is 30.5 Å². The fourth-order valence-electron chi connectivity index (χ4n) is 2.43. The number of anilines is 1. The molecule has 0 bridgehead atoms. The fourth-order valence-corrected chi connectivity index (χ4v) is 3.45. The molecular weight excluding hydrogens is 423 g/mol. The lowest BCUT2D eigenvalue weighted by Crippen LogP contribution is -2.44. The molecule has 1 N–H and O–H groups in total. The highest BCUT2D eigenvalue weighted by molar-refractivity contribution is 7.92. The van der Waals surface area contributed by atoms with E-state index in [1.165, 1.54) is 6.07 Å². The third-order valence-electron chi connectivity index (χ3n) is 3.85. The maximum atomic E-state index is 13.4. The Labute approximate surface area is 174 Å². The minimum absolute atomic E-state index is 0.0937. The van der Waals surface area contributed by atoms with Gasteiger partial charge in [0.2, 0.25) is 15.9 Å². The van der Waals surface area contributed by atoms with Gasteiger partial charge in [-0.05, 0) is 49.4 Å². The second-order valence-corrected chi connectivity index (χ2v) is 8.64. The predicted octanol–water partition coefficient (Wildman–Crippen LogP) is 2.84. The van der Waals surface area contributed by atoms with E-state index in [2.05, 4.69) is 5.32 Å². The SMILES string of the molecule is COc1ccc(OCC(C)NC(=O)CN(c2ccc(F)c(Cl)c2)S(C)(=O)=O)cc1. The van der Waals surface area contributed by atoms with E-state index in [1.807, 2.05) is 0 Å². The van der Waals surface area contributed by atoms with Crippen molar-refractivity contribution in [3.05, 3.63) is 53.3 Å². The van der Waals surface area contributed by atoms with Crippen LogP contribution in [0.5, 0.6) is 11.5 Å². The van der Waals surface area contributed by atoms with Crippen LogP contribution in [0.4, 0.5) is 10.1 Å². The van der Waals surface area contributed by atoms with Gasteiger partial charge in [-0.15, -0.1) is 0 Å². The van der Waals surface area contributed by atoms with Crippen LogP contribution >= 0.6 is 11.6 Å². The Kier molecular flexibility index (Phi) is 7.69. The zero-order valence-electron chi connectivity index (χ0n) is 16.2. The standard InChI is InChI=1S/C19H22ClFN2O5S/c1-13(12-28-16-7-5-15(27-2)6-8-16)22-19(24)11-23(29(3,25)26)14-4-9-18(21)17(20)10-14/h4-10,13H,11-12H2,1-3H3,(H,22,24). The van der Waals surface area contributed by atoms with Crippen LogP contribution in [0.25, 0.3) is 0 Å². The first-order valence-corrected chi connectivity index (χ1v) is 10.8. The summed E-state index contributed by atoms with van der Waals surface area (Å²) < 4.78 is 49.0. The highest BCUT2D eigenvalue weighted by atomic mass is 35.5. The van der Waals surface area contributed by atoms with E-state index in [0.29, 0.717) is 11.5 Å². The van der Waals surface area contributed by atoms with Crippen molar-refractivity contribution >= 4 is 33.2 Å². The van der Waals surface area contributed by atoms with E-state index in [0.717, 1.165) is 22.7 Å². The van der Waals surface area contributed by atoms with E-state index in [1.54, 1.807) is 38.3 Å². The Hall–Kier alpha value is -2.52. The molecule has 0 radical (unpaired) electrons. The molecular formula is C19H22ClFN2O5S. The number of methoxy groups -OCH3 is 1. The molecule has 0 spiro atoms. The van der Waals surface area contributed by atoms with Crippen molar-refractivity contribution in [3.63, 3.8) is 0 Å². The molecule has 29 heavy (non-hydrogen) atoms. The first-order valence-electron chi connectivity index (χ1n) is 8.59. The van der Waals surface area contributed by atoms with Crippen molar-refractivity contribution in [2.45, 2.75) is 13.0 Å². The normalized spacial score (nSPS) is 12.2. The van der Waals surface area contributed by atoms with Crippen LogP contribution in [-0.4, -0.2) is 46.9 Å². The van der Waals surface area contributed by atoms with Gasteiger partial charge in [-0.25, -0.2) is 12.8 Å². The summed E-state index contributed by atoms with van der Waals surface area (Å²) in [4.78, 5) is 12.3. The van der Waals surface area contributed by atoms with E-state index < -0.39 is 28.3 Å². The van der Waals surface area contributed by atoms with Gasteiger partial charge in [-0.1, -0.05) is 11.6 Å². The molecule has 10 heteroatoms. The van der Waals surface area contributed by atoms with Gasteiger partial charge in [0.15, 0.2) is 0 Å². The molecule has 7 nitrogen and oxygen atoms in total. The van der Waals surface area contributed by atoms with Gasteiger partial charge in [0, 0.05) is 0 Å². The summed E-state index contributed by atoms with van der Waals surface area (Å²) in [6, 6.07) is 10.0. The Morgan fingerprint density at radius 1 is 1.21 bits per heavy atom. The second-order valence-electron chi connectivity index (χ2n) is 6.32. The van der Waals surface area contributed by atoms with Gasteiger partial charge >= 0.3 is 0 Å². The summed E-state index contributed by atoms with van der Waals surface area (Å²) in [6.07, 6.45) is 0.952. The van der Waals surface area contributed by atoms with Crippen molar-refractivity contribution < 1.29 is 27.1 Å². The molecule has 1 amide bonds. The summed E-state index contributed by atoms with van der Waals surface area (Å²) >= 11 is 5.73. The number of sulfonamides is 1. The molecule has 0 aliphatic heterocycles. The number of carbonyl (C=O) groups excluding carboxylic acids is 1.